The predicted molar refractivity (Wildman–Crippen MR) is 102 cm³/mol. The summed E-state index contributed by atoms with van der Waals surface area (Å²) in [4.78, 5) is 0.304. The molecule has 2 aromatic rings. The molecule has 0 saturated heterocycles. The molecule has 0 atom stereocenters. The second-order valence-electron chi connectivity index (χ2n) is 5.67. The van der Waals surface area contributed by atoms with Crippen LogP contribution in [0.15, 0.2) is 46.2 Å². The molecule has 2 aromatic carbocycles. The van der Waals surface area contributed by atoms with Gasteiger partial charge in [-0.1, -0.05) is 35.4 Å². The van der Waals surface area contributed by atoms with E-state index in [0.29, 0.717) is 24.0 Å². The van der Waals surface area contributed by atoms with Gasteiger partial charge >= 0.3 is 0 Å². The topological polar surface area (TPSA) is 68.3 Å². The van der Waals surface area contributed by atoms with Crippen LogP contribution in [0, 0.1) is 13.8 Å². The number of aryl methyl sites for hydroxylation is 4. The zero-order valence-corrected chi connectivity index (χ0v) is 16.6. The summed E-state index contributed by atoms with van der Waals surface area (Å²) < 4.78 is 47.3. The largest absolute Gasteiger partial charge is 0.227 e. The van der Waals surface area contributed by atoms with Gasteiger partial charge in [-0.2, -0.15) is 0 Å². The second-order valence-corrected chi connectivity index (χ2v) is 11.3. The molecule has 0 N–H and O–H groups in total. The zero-order valence-electron chi connectivity index (χ0n) is 13.2. The summed E-state index contributed by atoms with van der Waals surface area (Å²) in [6, 6.07) is 10.0. The molecule has 24 heavy (non-hydrogen) atoms. The first kappa shape index (κ1) is 19.4. The van der Waals surface area contributed by atoms with Crippen molar-refractivity contribution in [3.63, 3.8) is 0 Å². The normalized spacial score (nSPS) is 12.3. The fraction of sp³-hybridized carbons (Fsp3) is 0.250. The molecule has 0 heterocycles. The smallest absolute Gasteiger partial charge is 0.212 e. The van der Waals surface area contributed by atoms with Crippen molar-refractivity contribution in [2.45, 2.75) is 36.5 Å². The SMILES string of the molecule is Cc1ccc(S(=O)(=O)S)c(CCc2cc(C)ccc2S(=O)(=O)S)c1. The van der Waals surface area contributed by atoms with Crippen molar-refractivity contribution in [3.05, 3.63) is 58.7 Å². The molecule has 0 unspecified atom stereocenters. The first-order valence-electron chi connectivity index (χ1n) is 7.12. The van der Waals surface area contributed by atoms with Crippen LogP contribution in [-0.4, -0.2) is 16.8 Å². The lowest BCUT2D eigenvalue weighted by Crippen LogP contribution is -2.04. The Kier molecular flexibility index (Phi) is 5.74. The van der Waals surface area contributed by atoms with Crippen molar-refractivity contribution < 1.29 is 16.8 Å². The Labute approximate surface area is 152 Å². The van der Waals surface area contributed by atoms with E-state index in [2.05, 4.69) is 23.3 Å². The molecule has 0 aliphatic heterocycles. The van der Waals surface area contributed by atoms with E-state index in [1.807, 2.05) is 13.8 Å². The van der Waals surface area contributed by atoms with E-state index in [4.69, 9.17) is 0 Å². The molecule has 0 saturated carbocycles. The van der Waals surface area contributed by atoms with E-state index < -0.39 is 17.7 Å². The van der Waals surface area contributed by atoms with Gasteiger partial charge < -0.3 is 0 Å². The van der Waals surface area contributed by atoms with Crippen molar-refractivity contribution in [3.8, 4) is 0 Å². The predicted octanol–water partition coefficient (Wildman–Crippen LogP) is 3.33. The minimum absolute atomic E-state index is 0.152. The second kappa shape index (κ2) is 7.11. The standard InChI is InChI=1S/C16H18O4S4/c1-11-3-7-15(23(17,18)21)13(9-11)5-6-14-10-12(2)4-8-16(14)24(19,20)22/h3-4,7-10H,5-6H2,1-2H3,(H,17,18,21)(H,19,20,22). The maximum absolute atomic E-state index is 11.8. The van der Waals surface area contributed by atoms with Gasteiger partial charge in [-0.25, -0.2) is 16.8 Å². The van der Waals surface area contributed by atoms with E-state index in [9.17, 15) is 16.8 Å². The molecule has 0 bridgehead atoms. The van der Waals surface area contributed by atoms with Crippen LogP contribution in [0.3, 0.4) is 0 Å². The zero-order chi connectivity index (χ0) is 18.1. The van der Waals surface area contributed by atoms with Crippen molar-refractivity contribution in [2.75, 3.05) is 0 Å². The monoisotopic (exact) mass is 402 g/mol. The summed E-state index contributed by atoms with van der Waals surface area (Å²) in [6.07, 6.45) is 0.771. The fourth-order valence-electron chi connectivity index (χ4n) is 2.58. The van der Waals surface area contributed by atoms with E-state index >= 15 is 0 Å². The number of hydrogen-bond donors (Lipinski definition) is 2. The molecule has 0 aliphatic carbocycles. The highest BCUT2D eigenvalue weighted by Gasteiger charge is 2.17. The summed E-state index contributed by atoms with van der Waals surface area (Å²) in [5, 5.41) is 0. The van der Waals surface area contributed by atoms with Crippen LogP contribution in [0.2, 0.25) is 0 Å². The molecule has 0 aliphatic rings. The molecule has 0 aromatic heterocycles. The van der Waals surface area contributed by atoms with Gasteiger partial charge in [0.2, 0.25) is 17.7 Å². The van der Waals surface area contributed by atoms with Crippen LogP contribution in [0.4, 0.5) is 0 Å². The molecule has 8 heteroatoms. The average Bonchev–Trinajstić information content (AvgIpc) is 2.42. The third-order valence-corrected chi connectivity index (χ3v) is 6.74. The van der Waals surface area contributed by atoms with E-state index in [-0.39, 0.29) is 9.79 Å². The van der Waals surface area contributed by atoms with Gasteiger partial charge in [0.05, 0.1) is 9.79 Å². The fourth-order valence-corrected chi connectivity index (χ4v) is 5.11. The summed E-state index contributed by atoms with van der Waals surface area (Å²) >= 11 is 7.35. The molecule has 0 radical (unpaired) electrons. The Hall–Kier alpha value is -0.960. The Bertz CT molecular complexity index is 896. The maximum atomic E-state index is 11.8. The lowest BCUT2D eigenvalue weighted by atomic mass is 10.0. The van der Waals surface area contributed by atoms with E-state index in [1.165, 1.54) is 12.1 Å². The van der Waals surface area contributed by atoms with Gasteiger partial charge in [0.25, 0.3) is 0 Å². The molecular weight excluding hydrogens is 384 g/mol. The summed E-state index contributed by atoms with van der Waals surface area (Å²) in [6.45, 7) is 3.74. The number of hydrogen-bond acceptors (Lipinski definition) is 4. The van der Waals surface area contributed by atoms with Gasteiger partial charge in [-0.15, -0.1) is 0 Å². The van der Waals surface area contributed by atoms with Crippen molar-refractivity contribution >= 4 is 41.1 Å². The number of thiol groups is 2. The number of rotatable bonds is 5. The van der Waals surface area contributed by atoms with Crippen LogP contribution in [-0.2, 0) is 30.6 Å². The Morgan fingerprint density at radius 3 is 1.33 bits per heavy atom. The Balaban J connectivity index is 2.43. The first-order valence-corrected chi connectivity index (χ1v) is 12.2. The average molecular weight is 403 g/mol. The Morgan fingerprint density at radius 2 is 1.04 bits per heavy atom. The number of benzene rings is 2. The lowest BCUT2D eigenvalue weighted by molar-refractivity contribution is 0.607. The molecule has 0 fully saturated rings. The van der Waals surface area contributed by atoms with Crippen molar-refractivity contribution in [1.82, 2.24) is 0 Å². The highest BCUT2D eigenvalue weighted by Crippen LogP contribution is 2.26. The van der Waals surface area contributed by atoms with E-state index in [1.54, 1.807) is 24.3 Å². The molecule has 130 valence electrons. The minimum atomic E-state index is -3.64. The van der Waals surface area contributed by atoms with Gasteiger partial charge in [-0.05, 0) is 73.3 Å². The summed E-state index contributed by atoms with van der Waals surface area (Å²) in [5.74, 6) is 0. The summed E-state index contributed by atoms with van der Waals surface area (Å²) in [7, 11) is -7.28. The van der Waals surface area contributed by atoms with Gasteiger partial charge in [0.15, 0.2) is 0 Å². The highest BCUT2D eigenvalue weighted by atomic mass is 33.1. The molecule has 2 rings (SSSR count). The quantitative estimate of drug-likeness (QED) is 0.595. The van der Waals surface area contributed by atoms with Crippen molar-refractivity contribution in [1.29, 1.82) is 0 Å². The van der Waals surface area contributed by atoms with Crippen LogP contribution in [0.1, 0.15) is 22.3 Å². The van der Waals surface area contributed by atoms with Gasteiger partial charge in [0, 0.05) is 0 Å². The van der Waals surface area contributed by atoms with E-state index in [0.717, 1.165) is 11.1 Å². The lowest BCUT2D eigenvalue weighted by Gasteiger charge is -2.11. The molecule has 4 nitrogen and oxygen atoms in total. The molecule has 0 amide bonds. The maximum Gasteiger partial charge on any atom is 0.227 e. The Morgan fingerprint density at radius 1 is 0.708 bits per heavy atom. The third kappa shape index (κ3) is 4.78. The van der Waals surface area contributed by atoms with Crippen molar-refractivity contribution in [2.24, 2.45) is 0 Å². The minimum Gasteiger partial charge on any atom is -0.212 e. The molecule has 0 spiro atoms. The first-order chi connectivity index (χ1) is 11.0. The van der Waals surface area contributed by atoms with Crippen LogP contribution in [0.25, 0.3) is 0 Å². The van der Waals surface area contributed by atoms with Gasteiger partial charge in [-0.3, -0.25) is 0 Å². The van der Waals surface area contributed by atoms with Gasteiger partial charge in [0.1, 0.15) is 0 Å². The highest BCUT2D eigenvalue weighted by molar-refractivity contribution is 8.63. The van der Waals surface area contributed by atoms with Crippen LogP contribution in [0.5, 0.6) is 0 Å². The third-order valence-electron chi connectivity index (χ3n) is 3.65. The van der Waals surface area contributed by atoms with Crippen LogP contribution >= 0.6 is 23.3 Å². The van der Waals surface area contributed by atoms with Crippen LogP contribution < -0.4 is 0 Å². The molecular formula is C16H18O4S4. The summed E-state index contributed by atoms with van der Waals surface area (Å²) in [5.41, 5.74) is 3.09.